The zero-order chi connectivity index (χ0) is 18.9. The summed E-state index contributed by atoms with van der Waals surface area (Å²) in [5.74, 6) is -0.140. The molecule has 0 unspecified atom stereocenters. The average Bonchev–Trinajstić information content (AvgIpc) is 2.53. The smallest absolute Gasteiger partial charge is 0.306 e. The van der Waals surface area contributed by atoms with Crippen molar-refractivity contribution in [2.24, 2.45) is 0 Å². The lowest BCUT2D eigenvalue weighted by atomic mass is 10.1. The topological polar surface area (TPSA) is 88.6 Å². The quantitative estimate of drug-likeness (QED) is 0.633. The minimum Gasteiger partial charge on any atom is -0.379 e. The van der Waals surface area contributed by atoms with Crippen LogP contribution in [-0.2, 0) is 19.1 Å². The minimum atomic E-state index is -3.83. The molecule has 0 saturated heterocycles. The number of fused-ring (bicyclic) bond motifs is 1. The van der Waals surface area contributed by atoms with Crippen molar-refractivity contribution in [3.05, 3.63) is 59.4 Å². The number of hydrogen-bond acceptors (Lipinski definition) is 7. The summed E-state index contributed by atoms with van der Waals surface area (Å²) in [7, 11) is -2.15. The molecular weight excluding hydrogens is 374 g/mol. The molecule has 0 saturated carbocycles. The molecule has 7 nitrogen and oxygen atoms in total. The monoisotopic (exact) mass is 391 g/mol. The van der Waals surface area contributed by atoms with Gasteiger partial charge >= 0.3 is 10.1 Å². The number of likely N-dealkylation sites (N-methyl/N-ethyl adjacent to an activating group) is 1. The van der Waals surface area contributed by atoms with Crippen LogP contribution in [0, 0.1) is 6.92 Å². The maximum atomic E-state index is 12.9. The van der Waals surface area contributed by atoms with Gasteiger partial charge in [0.05, 0.1) is 6.26 Å². The van der Waals surface area contributed by atoms with E-state index in [1.807, 2.05) is 25.1 Å². The van der Waals surface area contributed by atoms with Crippen LogP contribution in [0.15, 0.2) is 53.1 Å². The van der Waals surface area contributed by atoms with Gasteiger partial charge in [0, 0.05) is 23.2 Å². The Labute approximate surface area is 156 Å². The number of aryl methyl sites for hydroxylation is 1. The van der Waals surface area contributed by atoms with Gasteiger partial charge in [-0.15, -0.1) is 0 Å². The standard InChI is InChI=1S/C17H17N3O4S2/c1-11-7-6-10-14(18-11)19-17(21)15-16(24-26(3,22)23)12-8-4-5-9-13(12)25-20(15)2/h4-10H,1-3H3,(H,18,19,21). The van der Waals surface area contributed by atoms with Crippen LogP contribution in [0.25, 0.3) is 5.76 Å². The Morgan fingerprint density at radius 2 is 1.92 bits per heavy atom. The van der Waals surface area contributed by atoms with Crippen molar-refractivity contribution in [2.75, 3.05) is 18.6 Å². The number of nitrogens with zero attached hydrogens (tertiary/aromatic N) is 2. The molecule has 136 valence electrons. The molecule has 1 aromatic carbocycles. The van der Waals surface area contributed by atoms with Crippen molar-refractivity contribution in [3.8, 4) is 0 Å². The highest BCUT2D eigenvalue weighted by Crippen LogP contribution is 2.41. The molecule has 0 radical (unpaired) electrons. The number of hydrogen-bond donors (Lipinski definition) is 1. The SMILES string of the molecule is Cc1cccc(NC(=O)C2=C(OS(C)(=O)=O)c3ccccc3SN2C)n1. The molecule has 0 spiro atoms. The zero-order valence-electron chi connectivity index (χ0n) is 14.4. The van der Waals surface area contributed by atoms with Crippen LogP contribution >= 0.6 is 11.9 Å². The molecule has 2 heterocycles. The van der Waals surface area contributed by atoms with Crippen molar-refractivity contribution >= 4 is 39.6 Å². The van der Waals surface area contributed by atoms with E-state index in [-0.39, 0.29) is 11.5 Å². The highest BCUT2D eigenvalue weighted by molar-refractivity contribution is 7.97. The fourth-order valence-corrected chi connectivity index (χ4v) is 3.89. The van der Waals surface area contributed by atoms with Gasteiger partial charge in [-0.25, -0.2) is 4.98 Å². The molecular formula is C17H17N3O4S2. The predicted octanol–water partition coefficient (Wildman–Crippen LogP) is 2.63. The minimum absolute atomic E-state index is 0.00509. The molecule has 1 amide bonds. The Morgan fingerprint density at radius 1 is 1.19 bits per heavy atom. The fraction of sp³-hybridized carbons (Fsp3) is 0.176. The average molecular weight is 391 g/mol. The maximum Gasteiger partial charge on any atom is 0.306 e. The van der Waals surface area contributed by atoms with Crippen molar-refractivity contribution in [1.82, 2.24) is 9.29 Å². The molecule has 1 aliphatic rings. The Morgan fingerprint density at radius 3 is 2.62 bits per heavy atom. The van der Waals surface area contributed by atoms with E-state index in [0.29, 0.717) is 11.4 Å². The summed E-state index contributed by atoms with van der Waals surface area (Å²) in [5.41, 5.74) is 1.40. The number of carbonyl (C=O) groups excluding carboxylic acids is 1. The lowest BCUT2D eigenvalue weighted by Gasteiger charge is -2.29. The normalized spacial score (nSPS) is 14.0. The van der Waals surface area contributed by atoms with Crippen molar-refractivity contribution in [1.29, 1.82) is 0 Å². The van der Waals surface area contributed by atoms with E-state index < -0.39 is 16.0 Å². The van der Waals surface area contributed by atoms with Gasteiger partial charge in [0.25, 0.3) is 5.91 Å². The first-order valence-electron chi connectivity index (χ1n) is 7.64. The number of pyridine rings is 1. The summed E-state index contributed by atoms with van der Waals surface area (Å²) < 4.78 is 30.3. The van der Waals surface area contributed by atoms with Crippen LogP contribution in [0.5, 0.6) is 0 Å². The van der Waals surface area contributed by atoms with Crippen molar-refractivity contribution in [2.45, 2.75) is 11.8 Å². The molecule has 2 aromatic rings. The number of benzene rings is 1. The number of carbonyl (C=O) groups is 1. The highest BCUT2D eigenvalue weighted by Gasteiger charge is 2.32. The van der Waals surface area contributed by atoms with E-state index >= 15 is 0 Å². The van der Waals surface area contributed by atoms with Gasteiger partial charge in [-0.1, -0.05) is 18.2 Å². The zero-order valence-corrected chi connectivity index (χ0v) is 16.0. The highest BCUT2D eigenvalue weighted by atomic mass is 32.2. The molecule has 0 fully saturated rings. The molecule has 1 aromatic heterocycles. The Hall–Kier alpha value is -2.52. The predicted molar refractivity (Wildman–Crippen MR) is 101 cm³/mol. The van der Waals surface area contributed by atoms with Gasteiger partial charge in [-0.3, -0.25) is 4.79 Å². The molecule has 9 heteroatoms. The van der Waals surface area contributed by atoms with Crippen LogP contribution in [-0.4, -0.2) is 36.9 Å². The number of aromatic nitrogens is 1. The first-order chi connectivity index (χ1) is 12.2. The summed E-state index contributed by atoms with van der Waals surface area (Å²) in [6.45, 7) is 1.81. The molecule has 0 atom stereocenters. The Kier molecular flexibility index (Phi) is 4.92. The molecule has 0 aliphatic carbocycles. The van der Waals surface area contributed by atoms with Crippen molar-refractivity contribution < 1.29 is 17.4 Å². The van der Waals surface area contributed by atoms with Crippen LogP contribution in [0.2, 0.25) is 0 Å². The van der Waals surface area contributed by atoms with Gasteiger partial charge < -0.3 is 13.8 Å². The van der Waals surface area contributed by atoms with Gasteiger partial charge in [0.2, 0.25) is 0 Å². The van der Waals surface area contributed by atoms with E-state index in [4.69, 9.17) is 4.18 Å². The second kappa shape index (κ2) is 7.00. The Balaban J connectivity index is 2.08. The summed E-state index contributed by atoms with van der Waals surface area (Å²) in [5, 5.41) is 2.69. The van der Waals surface area contributed by atoms with Gasteiger partial charge in [-0.2, -0.15) is 8.42 Å². The van der Waals surface area contributed by atoms with Crippen molar-refractivity contribution in [3.63, 3.8) is 0 Å². The van der Waals surface area contributed by atoms with E-state index in [2.05, 4.69) is 10.3 Å². The summed E-state index contributed by atoms with van der Waals surface area (Å²) in [4.78, 5) is 17.9. The third-order valence-electron chi connectivity index (χ3n) is 3.48. The third-order valence-corrected chi connectivity index (χ3v) is 4.96. The largest absolute Gasteiger partial charge is 0.379 e. The van der Waals surface area contributed by atoms with Gasteiger partial charge in [0.15, 0.2) is 11.5 Å². The summed E-state index contributed by atoms with van der Waals surface area (Å²) in [6, 6.07) is 12.4. The van der Waals surface area contributed by atoms with E-state index in [1.54, 1.807) is 35.6 Å². The maximum absolute atomic E-state index is 12.9. The van der Waals surface area contributed by atoms with E-state index in [1.165, 1.54) is 11.9 Å². The molecule has 1 aliphatic heterocycles. The second-order valence-corrected chi connectivity index (χ2v) is 8.41. The fourth-order valence-electron chi connectivity index (χ4n) is 2.47. The van der Waals surface area contributed by atoms with Gasteiger partial charge in [0.1, 0.15) is 5.82 Å². The van der Waals surface area contributed by atoms with E-state index in [0.717, 1.165) is 16.8 Å². The van der Waals surface area contributed by atoms with Crippen LogP contribution in [0.1, 0.15) is 11.3 Å². The van der Waals surface area contributed by atoms with Gasteiger partial charge in [-0.05, 0) is 43.1 Å². The first-order valence-corrected chi connectivity index (χ1v) is 10.2. The van der Waals surface area contributed by atoms with Crippen LogP contribution in [0.4, 0.5) is 5.82 Å². The summed E-state index contributed by atoms with van der Waals surface area (Å²) in [6.07, 6.45) is 0.946. The molecule has 0 bridgehead atoms. The first kappa shape index (κ1) is 18.3. The van der Waals surface area contributed by atoms with E-state index in [9.17, 15) is 13.2 Å². The number of nitrogens with one attached hydrogen (secondary N) is 1. The van der Waals surface area contributed by atoms with Crippen LogP contribution in [0.3, 0.4) is 0 Å². The lowest BCUT2D eigenvalue weighted by molar-refractivity contribution is -0.113. The molecule has 26 heavy (non-hydrogen) atoms. The molecule has 1 N–H and O–H groups in total. The molecule has 3 rings (SSSR count). The second-order valence-electron chi connectivity index (χ2n) is 5.67. The number of amides is 1. The lowest BCUT2D eigenvalue weighted by Crippen LogP contribution is -2.29. The number of anilines is 1. The third kappa shape index (κ3) is 4.00. The Bertz CT molecular complexity index is 1000. The van der Waals surface area contributed by atoms with Crippen LogP contribution < -0.4 is 5.32 Å². The number of rotatable bonds is 4. The summed E-state index contributed by atoms with van der Waals surface area (Å²) >= 11 is 1.31.